The van der Waals surface area contributed by atoms with Gasteiger partial charge in [0.2, 0.25) is 0 Å². The SMILES string of the molecule is CCCCCCCCCCCCCCCCCC(=O)N(OCCO)OCCO. The number of amides is 1. The summed E-state index contributed by atoms with van der Waals surface area (Å²) in [6.07, 6.45) is 19.7. The lowest BCUT2D eigenvalue weighted by atomic mass is 10.0. The van der Waals surface area contributed by atoms with Gasteiger partial charge in [-0.3, -0.25) is 4.79 Å². The zero-order valence-corrected chi connectivity index (χ0v) is 18.2. The topological polar surface area (TPSA) is 79.2 Å². The van der Waals surface area contributed by atoms with Crippen molar-refractivity contribution in [3.8, 4) is 0 Å². The summed E-state index contributed by atoms with van der Waals surface area (Å²) < 4.78 is 0. The van der Waals surface area contributed by atoms with Crippen molar-refractivity contribution in [1.29, 1.82) is 0 Å². The Labute approximate surface area is 172 Å². The number of nitrogens with zero attached hydrogens (tertiary/aromatic N) is 1. The first kappa shape index (κ1) is 27.3. The zero-order chi connectivity index (χ0) is 20.7. The highest BCUT2D eigenvalue weighted by atomic mass is 17.0. The van der Waals surface area contributed by atoms with E-state index in [0.717, 1.165) is 24.5 Å². The summed E-state index contributed by atoms with van der Waals surface area (Å²) in [6.45, 7) is 1.88. The molecule has 0 saturated carbocycles. The lowest BCUT2D eigenvalue weighted by Crippen LogP contribution is -2.33. The first-order valence-electron chi connectivity index (χ1n) is 11.6. The fraction of sp³-hybridized carbons (Fsp3) is 0.955. The molecule has 0 heterocycles. The quantitative estimate of drug-likeness (QED) is 0.198. The average molecular weight is 404 g/mol. The van der Waals surface area contributed by atoms with Crippen LogP contribution >= 0.6 is 0 Å². The van der Waals surface area contributed by atoms with Crippen LogP contribution in [0.2, 0.25) is 0 Å². The van der Waals surface area contributed by atoms with E-state index in [1.807, 2.05) is 0 Å². The molecule has 0 atom stereocenters. The van der Waals surface area contributed by atoms with Crippen molar-refractivity contribution in [3.05, 3.63) is 0 Å². The van der Waals surface area contributed by atoms with E-state index in [2.05, 4.69) is 6.92 Å². The van der Waals surface area contributed by atoms with Crippen LogP contribution in [-0.2, 0) is 14.5 Å². The number of aliphatic hydroxyl groups excluding tert-OH is 2. The van der Waals surface area contributed by atoms with E-state index in [1.54, 1.807) is 0 Å². The number of unbranched alkanes of at least 4 members (excludes halogenated alkanes) is 14. The highest BCUT2D eigenvalue weighted by Crippen LogP contribution is 2.14. The van der Waals surface area contributed by atoms with Crippen LogP contribution in [0.1, 0.15) is 110 Å². The molecule has 0 bridgehead atoms. The summed E-state index contributed by atoms with van der Waals surface area (Å²) in [5.74, 6) is -0.267. The van der Waals surface area contributed by atoms with Gasteiger partial charge in [-0.05, 0) is 6.42 Å². The Morgan fingerprint density at radius 3 is 1.36 bits per heavy atom. The van der Waals surface area contributed by atoms with Gasteiger partial charge in [-0.2, -0.15) is 0 Å². The maximum absolute atomic E-state index is 12.0. The Balaban J connectivity index is 3.42. The van der Waals surface area contributed by atoms with Gasteiger partial charge < -0.3 is 10.2 Å². The van der Waals surface area contributed by atoms with Gasteiger partial charge in [-0.15, -0.1) is 0 Å². The summed E-state index contributed by atoms with van der Waals surface area (Å²) in [5.41, 5.74) is 0. The average Bonchev–Trinajstić information content (AvgIpc) is 2.70. The molecule has 28 heavy (non-hydrogen) atoms. The van der Waals surface area contributed by atoms with Crippen LogP contribution in [0.3, 0.4) is 0 Å². The number of hydrogen-bond donors (Lipinski definition) is 2. The Morgan fingerprint density at radius 1 is 0.643 bits per heavy atom. The number of hydrogen-bond acceptors (Lipinski definition) is 5. The monoisotopic (exact) mass is 403 g/mol. The van der Waals surface area contributed by atoms with Crippen molar-refractivity contribution in [1.82, 2.24) is 5.23 Å². The highest BCUT2D eigenvalue weighted by Gasteiger charge is 2.15. The first-order valence-corrected chi connectivity index (χ1v) is 11.6. The van der Waals surface area contributed by atoms with Crippen molar-refractivity contribution in [2.75, 3.05) is 26.4 Å². The predicted molar refractivity (Wildman–Crippen MR) is 112 cm³/mol. The van der Waals surface area contributed by atoms with E-state index in [-0.39, 0.29) is 32.3 Å². The third kappa shape index (κ3) is 18.7. The summed E-state index contributed by atoms with van der Waals surface area (Å²) in [6, 6.07) is 0. The molecule has 0 aromatic rings. The van der Waals surface area contributed by atoms with E-state index in [9.17, 15) is 4.79 Å². The fourth-order valence-electron chi connectivity index (χ4n) is 3.17. The lowest BCUT2D eigenvalue weighted by Gasteiger charge is -2.19. The van der Waals surface area contributed by atoms with E-state index in [1.165, 1.54) is 77.0 Å². The lowest BCUT2D eigenvalue weighted by molar-refractivity contribution is -0.345. The summed E-state index contributed by atoms with van der Waals surface area (Å²) in [5, 5.41) is 18.3. The second-order valence-corrected chi connectivity index (χ2v) is 7.46. The van der Waals surface area contributed by atoms with Crippen molar-refractivity contribution in [2.45, 2.75) is 110 Å². The van der Waals surface area contributed by atoms with Gasteiger partial charge in [0.05, 0.1) is 13.2 Å². The minimum Gasteiger partial charge on any atom is -0.394 e. The van der Waals surface area contributed by atoms with Crippen molar-refractivity contribution >= 4 is 5.91 Å². The van der Waals surface area contributed by atoms with Gasteiger partial charge in [0, 0.05) is 6.42 Å². The smallest absolute Gasteiger partial charge is 0.273 e. The van der Waals surface area contributed by atoms with Crippen LogP contribution in [0.5, 0.6) is 0 Å². The van der Waals surface area contributed by atoms with Crippen LogP contribution in [0.25, 0.3) is 0 Å². The number of carbonyl (C=O) groups is 1. The van der Waals surface area contributed by atoms with Crippen molar-refractivity contribution in [2.24, 2.45) is 0 Å². The molecule has 0 aliphatic heterocycles. The number of rotatable bonds is 22. The normalized spacial score (nSPS) is 11.1. The fourth-order valence-corrected chi connectivity index (χ4v) is 3.17. The molecule has 1 amide bonds. The van der Waals surface area contributed by atoms with Crippen LogP contribution < -0.4 is 0 Å². The zero-order valence-electron chi connectivity index (χ0n) is 18.2. The molecule has 2 N–H and O–H groups in total. The molecule has 0 spiro atoms. The third-order valence-corrected chi connectivity index (χ3v) is 4.80. The Bertz CT molecular complexity index is 320. The molecule has 6 heteroatoms. The molecule has 0 aliphatic carbocycles. The summed E-state index contributed by atoms with van der Waals surface area (Å²) in [7, 11) is 0. The largest absolute Gasteiger partial charge is 0.394 e. The van der Waals surface area contributed by atoms with E-state index in [0.29, 0.717) is 6.42 Å². The minimum atomic E-state index is -0.267. The number of hydroxylamine groups is 2. The van der Waals surface area contributed by atoms with Gasteiger partial charge in [0.1, 0.15) is 13.2 Å². The number of aliphatic hydroxyl groups is 2. The van der Waals surface area contributed by atoms with E-state index < -0.39 is 0 Å². The van der Waals surface area contributed by atoms with Crippen molar-refractivity contribution < 1.29 is 24.7 Å². The standard InChI is InChI=1S/C22H45NO5/c1-2-3-4-5-6-7-8-9-10-11-12-13-14-15-16-17-22(26)23(27-20-18-24)28-21-19-25/h24-25H,2-21H2,1H3. The van der Waals surface area contributed by atoms with Gasteiger partial charge in [0.15, 0.2) is 0 Å². The molecule has 0 saturated heterocycles. The molecule has 168 valence electrons. The third-order valence-electron chi connectivity index (χ3n) is 4.80. The molecule has 0 unspecified atom stereocenters. The van der Waals surface area contributed by atoms with Gasteiger partial charge in [-0.1, -0.05) is 102 Å². The maximum atomic E-state index is 12.0. The van der Waals surface area contributed by atoms with Crippen molar-refractivity contribution in [3.63, 3.8) is 0 Å². The Hall–Kier alpha value is -0.690. The molecule has 0 rings (SSSR count). The van der Waals surface area contributed by atoms with E-state index >= 15 is 0 Å². The molecule has 0 aromatic heterocycles. The molecule has 0 aromatic carbocycles. The molecule has 0 radical (unpaired) electrons. The van der Waals surface area contributed by atoms with Gasteiger partial charge in [0.25, 0.3) is 5.91 Å². The molecule has 0 fully saturated rings. The first-order chi connectivity index (χ1) is 13.8. The van der Waals surface area contributed by atoms with E-state index in [4.69, 9.17) is 19.9 Å². The van der Waals surface area contributed by atoms with Crippen LogP contribution in [-0.4, -0.2) is 47.8 Å². The van der Waals surface area contributed by atoms with Gasteiger partial charge in [-0.25, -0.2) is 9.68 Å². The summed E-state index contributed by atoms with van der Waals surface area (Å²) in [4.78, 5) is 22.1. The maximum Gasteiger partial charge on any atom is 0.273 e. The Kier molecular flexibility index (Phi) is 22.0. The van der Waals surface area contributed by atoms with Gasteiger partial charge >= 0.3 is 0 Å². The number of carbonyl (C=O) groups excluding carboxylic acids is 1. The molecular weight excluding hydrogens is 358 g/mol. The molecule has 0 aliphatic rings. The van der Waals surface area contributed by atoms with Crippen LogP contribution in [0, 0.1) is 0 Å². The summed E-state index contributed by atoms with van der Waals surface area (Å²) >= 11 is 0. The molecular formula is C22H45NO5. The second kappa shape index (κ2) is 22.6. The van der Waals surface area contributed by atoms with Crippen LogP contribution in [0.4, 0.5) is 0 Å². The van der Waals surface area contributed by atoms with Crippen LogP contribution in [0.15, 0.2) is 0 Å². The highest BCUT2D eigenvalue weighted by molar-refractivity contribution is 5.73. The predicted octanol–water partition coefficient (Wildman–Crippen LogP) is 4.92. The Morgan fingerprint density at radius 2 is 1.00 bits per heavy atom. The second-order valence-electron chi connectivity index (χ2n) is 7.46. The minimum absolute atomic E-state index is 0.00394. The molecule has 6 nitrogen and oxygen atoms in total.